The molecule has 0 fully saturated rings. The monoisotopic (exact) mass is 302 g/mol. The highest BCUT2D eigenvalue weighted by Gasteiger charge is 2.19. The Labute approximate surface area is 127 Å². The Bertz CT molecular complexity index is 692. The largest absolute Gasteiger partial charge is 0.487 e. The van der Waals surface area contributed by atoms with Crippen LogP contribution < -0.4 is 4.74 Å². The van der Waals surface area contributed by atoms with Crippen molar-refractivity contribution in [3.8, 4) is 5.75 Å². The zero-order valence-corrected chi connectivity index (χ0v) is 12.0. The molecule has 0 aromatic heterocycles. The molecule has 2 aromatic rings. The molecule has 0 bridgehead atoms. The van der Waals surface area contributed by atoms with Crippen LogP contribution in [0, 0.1) is 5.82 Å². The first-order valence-corrected chi connectivity index (χ1v) is 6.79. The number of hydrogen-bond acceptors (Lipinski definition) is 3. The van der Waals surface area contributed by atoms with Gasteiger partial charge >= 0.3 is 5.97 Å². The third-order valence-electron chi connectivity index (χ3n) is 3.16. The second-order valence-corrected chi connectivity index (χ2v) is 4.68. The van der Waals surface area contributed by atoms with Gasteiger partial charge in [0.2, 0.25) is 0 Å². The molecule has 1 N–H and O–H groups in total. The van der Waals surface area contributed by atoms with E-state index in [-0.39, 0.29) is 41.5 Å². The van der Waals surface area contributed by atoms with Crippen molar-refractivity contribution in [2.24, 2.45) is 0 Å². The van der Waals surface area contributed by atoms with Crippen molar-refractivity contribution in [3.05, 3.63) is 65.0 Å². The van der Waals surface area contributed by atoms with Crippen LogP contribution in [0.1, 0.15) is 39.6 Å². The number of carbonyl (C=O) groups excluding carboxylic acids is 1. The molecular formula is C17H15FO4. The van der Waals surface area contributed by atoms with E-state index >= 15 is 0 Å². The van der Waals surface area contributed by atoms with Crippen molar-refractivity contribution in [3.63, 3.8) is 0 Å². The van der Waals surface area contributed by atoms with Crippen LogP contribution in [0.5, 0.6) is 5.75 Å². The van der Waals surface area contributed by atoms with Crippen LogP contribution in [-0.4, -0.2) is 16.9 Å². The number of rotatable bonds is 6. The molecule has 0 spiro atoms. The van der Waals surface area contributed by atoms with Gasteiger partial charge in [0.25, 0.3) is 0 Å². The number of ether oxygens (including phenoxy) is 1. The summed E-state index contributed by atoms with van der Waals surface area (Å²) in [5.74, 6) is -1.68. The van der Waals surface area contributed by atoms with Crippen molar-refractivity contribution in [1.82, 2.24) is 0 Å². The summed E-state index contributed by atoms with van der Waals surface area (Å²) < 4.78 is 18.4. The lowest BCUT2D eigenvalue weighted by Gasteiger charge is -2.13. The SMILES string of the molecule is CCC(=O)c1cccc(C(=O)O)c1OCc1ccc(F)cc1. The van der Waals surface area contributed by atoms with Gasteiger partial charge in [0.15, 0.2) is 5.78 Å². The maximum atomic E-state index is 12.9. The molecule has 5 heteroatoms. The summed E-state index contributed by atoms with van der Waals surface area (Å²) in [5, 5.41) is 9.24. The van der Waals surface area contributed by atoms with Crippen LogP contribution in [0.3, 0.4) is 0 Å². The van der Waals surface area contributed by atoms with Gasteiger partial charge in [-0.3, -0.25) is 4.79 Å². The first-order valence-electron chi connectivity index (χ1n) is 6.79. The van der Waals surface area contributed by atoms with Gasteiger partial charge < -0.3 is 9.84 Å². The zero-order valence-electron chi connectivity index (χ0n) is 12.0. The molecule has 0 heterocycles. The second kappa shape index (κ2) is 6.85. The normalized spacial score (nSPS) is 10.3. The highest BCUT2D eigenvalue weighted by Crippen LogP contribution is 2.26. The molecule has 0 radical (unpaired) electrons. The Morgan fingerprint density at radius 1 is 1.09 bits per heavy atom. The number of hydrogen-bond donors (Lipinski definition) is 1. The highest BCUT2D eigenvalue weighted by molar-refractivity contribution is 6.02. The van der Waals surface area contributed by atoms with E-state index in [1.165, 1.54) is 30.3 Å². The number of ketones is 1. The fourth-order valence-corrected chi connectivity index (χ4v) is 2.01. The summed E-state index contributed by atoms with van der Waals surface area (Å²) in [5.41, 5.74) is 0.849. The fourth-order valence-electron chi connectivity index (χ4n) is 2.01. The second-order valence-electron chi connectivity index (χ2n) is 4.68. The maximum Gasteiger partial charge on any atom is 0.339 e. The van der Waals surface area contributed by atoms with Crippen molar-refractivity contribution in [1.29, 1.82) is 0 Å². The van der Waals surface area contributed by atoms with Crippen molar-refractivity contribution in [2.75, 3.05) is 0 Å². The fraction of sp³-hybridized carbons (Fsp3) is 0.176. The van der Waals surface area contributed by atoms with Gasteiger partial charge in [0, 0.05) is 6.42 Å². The Kier molecular flexibility index (Phi) is 4.88. The maximum absolute atomic E-state index is 12.9. The lowest BCUT2D eigenvalue weighted by molar-refractivity contribution is 0.0691. The van der Waals surface area contributed by atoms with Gasteiger partial charge in [0.05, 0.1) is 5.56 Å². The van der Waals surface area contributed by atoms with Crippen LogP contribution in [0.25, 0.3) is 0 Å². The minimum Gasteiger partial charge on any atom is -0.487 e. The molecule has 0 saturated carbocycles. The minimum absolute atomic E-state index is 0.0474. The lowest BCUT2D eigenvalue weighted by atomic mass is 10.0. The van der Waals surface area contributed by atoms with E-state index < -0.39 is 5.97 Å². The molecule has 0 aliphatic carbocycles. The number of halogens is 1. The molecule has 0 amide bonds. The van der Waals surface area contributed by atoms with Gasteiger partial charge in [0.1, 0.15) is 23.7 Å². The van der Waals surface area contributed by atoms with E-state index in [1.807, 2.05) is 0 Å². The third-order valence-corrected chi connectivity index (χ3v) is 3.16. The molecular weight excluding hydrogens is 287 g/mol. The molecule has 4 nitrogen and oxygen atoms in total. The van der Waals surface area contributed by atoms with E-state index in [2.05, 4.69) is 0 Å². The lowest BCUT2D eigenvalue weighted by Crippen LogP contribution is -2.09. The van der Waals surface area contributed by atoms with Crippen LogP contribution >= 0.6 is 0 Å². The van der Waals surface area contributed by atoms with Gasteiger partial charge in [-0.2, -0.15) is 0 Å². The number of carboxylic acids is 1. The molecule has 22 heavy (non-hydrogen) atoms. The summed E-state index contributed by atoms with van der Waals surface area (Å²) in [7, 11) is 0. The van der Waals surface area contributed by atoms with Crippen LogP contribution in [0.4, 0.5) is 4.39 Å². The summed E-state index contributed by atoms with van der Waals surface area (Å²) in [6, 6.07) is 10.1. The standard InChI is InChI=1S/C17H15FO4/c1-2-15(19)13-4-3-5-14(17(20)21)16(13)22-10-11-6-8-12(18)9-7-11/h3-9H,2,10H2,1H3,(H,20,21). The first kappa shape index (κ1) is 15.7. The molecule has 0 unspecified atom stereocenters. The summed E-state index contributed by atoms with van der Waals surface area (Å²) in [6.45, 7) is 1.74. The number of Topliss-reactive ketones (excluding diaryl/α,β-unsaturated/α-hetero) is 1. The number of carboxylic acid groups (broad SMARTS) is 1. The van der Waals surface area contributed by atoms with Gasteiger partial charge in [-0.05, 0) is 29.8 Å². The third kappa shape index (κ3) is 3.49. The number of aromatic carboxylic acids is 1. The van der Waals surface area contributed by atoms with E-state index in [0.717, 1.165) is 0 Å². The van der Waals surface area contributed by atoms with Crippen LogP contribution in [0.2, 0.25) is 0 Å². The summed E-state index contributed by atoms with van der Waals surface area (Å²) >= 11 is 0. The molecule has 2 aromatic carbocycles. The topological polar surface area (TPSA) is 63.6 Å². The molecule has 0 aliphatic heterocycles. The summed E-state index contributed by atoms with van der Waals surface area (Å²) in [4.78, 5) is 23.2. The average molecular weight is 302 g/mol. The predicted octanol–water partition coefficient (Wildman–Crippen LogP) is 3.70. The summed E-state index contributed by atoms with van der Waals surface area (Å²) in [6.07, 6.45) is 0.246. The smallest absolute Gasteiger partial charge is 0.339 e. The molecule has 2 rings (SSSR count). The Hall–Kier alpha value is -2.69. The van der Waals surface area contributed by atoms with Crippen molar-refractivity contribution in [2.45, 2.75) is 20.0 Å². The first-order chi connectivity index (χ1) is 10.5. The molecule has 114 valence electrons. The van der Waals surface area contributed by atoms with Crippen LogP contribution in [0.15, 0.2) is 42.5 Å². The van der Waals surface area contributed by atoms with Gasteiger partial charge in [-0.1, -0.05) is 25.1 Å². The van der Waals surface area contributed by atoms with Gasteiger partial charge in [-0.25, -0.2) is 9.18 Å². The van der Waals surface area contributed by atoms with Crippen LogP contribution in [-0.2, 0) is 6.61 Å². The average Bonchev–Trinajstić information content (AvgIpc) is 2.53. The number of benzene rings is 2. The Morgan fingerprint density at radius 2 is 1.73 bits per heavy atom. The van der Waals surface area contributed by atoms with Crippen molar-refractivity contribution < 1.29 is 23.8 Å². The van der Waals surface area contributed by atoms with Crippen molar-refractivity contribution >= 4 is 11.8 Å². The van der Waals surface area contributed by atoms with E-state index in [9.17, 15) is 19.1 Å². The minimum atomic E-state index is -1.17. The Balaban J connectivity index is 2.32. The van der Waals surface area contributed by atoms with E-state index in [1.54, 1.807) is 19.1 Å². The van der Waals surface area contributed by atoms with Gasteiger partial charge in [-0.15, -0.1) is 0 Å². The molecule has 0 atom stereocenters. The quantitative estimate of drug-likeness (QED) is 0.826. The highest BCUT2D eigenvalue weighted by atomic mass is 19.1. The molecule has 0 aliphatic rings. The zero-order chi connectivity index (χ0) is 16.1. The van der Waals surface area contributed by atoms with E-state index in [4.69, 9.17) is 4.74 Å². The van der Waals surface area contributed by atoms with E-state index in [0.29, 0.717) is 5.56 Å². The number of carbonyl (C=O) groups is 2. The Morgan fingerprint density at radius 3 is 2.32 bits per heavy atom. The molecule has 0 saturated heterocycles. The predicted molar refractivity (Wildman–Crippen MR) is 78.8 cm³/mol. The number of para-hydroxylation sites is 1.